The van der Waals surface area contributed by atoms with Gasteiger partial charge in [-0.2, -0.15) is 0 Å². The second kappa shape index (κ2) is 7.45. The van der Waals surface area contributed by atoms with Crippen molar-refractivity contribution in [1.29, 1.82) is 0 Å². The highest BCUT2D eigenvalue weighted by Crippen LogP contribution is 2.13. The largest absolute Gasteiger partial charge is 0.350 e. The molecule has 0 unspecified atom stereocenters. The Kier molecular flexibility index (Phi) is 5.81. The van der Waals surface area contributed by atoms with Gasteiger partial charge in [0, 0.05) is 41.8 Å². The molecular formula is C17H24BrN3O2. The molecule has 2 rings (SSSR count). The predicted octanol–water partition coefficient (Wildman–Crippen LogP) is 2.12. The minimum Gasteiger partial charge on any atom is -0.350 e. The Balaban J connectivity index is 1.83. The van der Waals surface area contributed by atoms with Crippen molar-refractivity contribution in [2.75, 3.05) is 32.7 Å². The van der Waals surface area contributed by atoms with E-state index in [0.29, 0.717) is 25.2 Å². The first-order chi connectivity index (χ1) is 10.7. The molecule has 2 amide bonds. The minimum atomic E-state index is -0.212. The van der Waals surface area contributed by atoms with E-state index in [-0.39, 0.29) is 17.4 Å². The third-order valence-corrected chi connectivity index (χ3v) is 4.16. The molecule has 1 aromatic carbocycles. The van der Waals surface area contributed by atoms with Crippen LogP contribution in [0, 0.1) is 0 Å². The zero-order valence-corrected chi connectivity index (χ0v) is 15.5. The Labute approximate surface area is 146 Å². The summed E-state index contributed by atoms with van der Waals surface area (Å²) in [6.07, 6.45) is 0. The van der Waals surface area contributed by atoms with Gasteiger partial charge in [-0.3, -0.25) is 14.5 Å². The van der Waals surface area contributed by atoms with Crippen LogP contribution in [0.3, 0.4) is 0 Å². The molecular weight excluding hydrogens is 358 g/mol. The Hall–Kier alpha value is -1.40. The monoisotopic (exact) mass is 381 g/mol. The molecule has 0 radical (unpaired) electrons. The van der Waals surface area contributed by atoms with E-state index in [1.807, 2.05) is 49.9 Å². The topological polar surface area (TPSA) is 52.7 Å². The van der Waals surface area contributed by atoms with Crippen LogP contribution in [0.4, 0.5) is 0 Å². The summed E-state index contributed by atoms with van der Waals surface area (Å²) in [5, 5.41) is 2.97. The number of hydrogen-bond donors (Lipinski definition) is 1. The lowest BCUT2D eigenvalue weighted by molar-refractivity contribution is -0.124. The van der Waals surface area contributed by atoms with Crippen LogP contribution >= 0.6 is 15.9 Å². The Morgan fingerprint density at radius 3 is 2.17 bits per heavy atom. The maximum absolute atomic E-state index is 12.4. The van der Waals surface area contributed by atoms with E-state index >= 15 is 0 Å². The predicted molar refractivity (Wildman–Crippen MR) is 94.4 cm³/mol. The van der Waals surface area contributed by atoms with Crippen LogP contribution in [0.15, 0.2) is 28.7 Å². The molecule has 0 spiro atoms. The lowest BCUT2D eigenvalue weighted by Crippen LogP contribution is -2.52. The van der Waals surface area contributed by atoms with E-state index in [0.717, 1.165) is 17.6 Å². The number of rotatable bonds is 3. The number of piperazine rings is 1. The summed E-state index contributed by atoms with van der Waals surface area (Å²) in [4.78, 5) is 28.3. The van der Waals surface area contributed by atoms with Gasteiger partial charge in [-0.25, -0.2) is 0 Å². The van der Waals surface area contributed by atoms with Crippen molar-refractivity contribution in [3.63, 3.8) is 0 Å². The van der Waals surface area contributed by atoms with Crippen LogP contribution in [-0.2, 0) is 4.79 Å². The van der Waals surface area contributed by atoms with Crippen molar-refractivity contribution in [1.82, 2.24) is 15.1 Å². The molecule has 1 aliphatic heterocycles. The number of amides is 2. The van der Waals surface area contributed by atoms with E-state index in [1.54, 1.807) is 0 Å². The normalized spacial score (nSPS) is 16.3. The van der Waals surface area contributed by atoms with Crippen LogP contribution in [0.5, 0.6) is 0 Å². The summed E-state index contributed by atoms with van der Waals surface area (Å²) in [6, 6.07) is 7.41. The molecule has 0 saturated carbocycles. The SMILES string of the molecule is CC(C)(C)NC(=O)CN1CCN(C(=O)c2ccc(Br)cc2)CC1. The zero-order chi connectivity index (χ0) is 17.0. The van der Waals surface area contributed by atoms with Crippen molar-refractivity contribution in [3.8, 4) is 0 Å². The van der Waals surface area contributed by atoms with Gasteiger partial charge in [0.25, 0.3) is 5.91 Å². The summed E-state index contributed by atoms with van der Waals surface area (Å²) in [6.45, 7) is 9.05. The second-order valence-corrected chi connectivity index (χ2v) is 7.79. The number of nitrogens with one attached hydrogen (secondary N) is 1. The lowest BCUT2D eigenvalue weighted by atomic mass is 10.1. The number of hydrogen-bond acceptors (Lipinski definition) is 3. The van der Waals surface area contributed by atoms with Crippen LogP contribution in [0.25, 0.3) is 0 Å². The molecule has 1 aliphatic rings. The minimum absolute atomic E-state index is 0.0326. The highest BCUT2D eigenvalue weighted by Gasteiger charge is 2.24. The van der Waals surface area contributed by atoms with E-state index in [1.165, 1.54) is 0 Å². The van der Waals surface area contributed by atoms with E-state index in [9.17, 15) is 9.59 Å². The molecule has 0 atom stereocenters. The molecule has 0 aromatic heterocycles. The molecule has 1 fully saturated rings. The van der Waals surface area contributed by atoms with Gasteiger partial charge in [0.1, 0.15) is 0 Å². The molecule has 6 heteroatoms. The van der Waals surface area contributed by atoms with Crippen molar-refractivity contribution in [3.05, 3.63) is 34.3 Å². The smallest absolute Gasteiger partial charge is 0.253 e. The van der Waals surface area contributed by atoms with Gasteiger partial charge in [-0.15, -0.1) is 0 Å². The maximum Gasteiger partial charge on any atom is 0.253 e. The number of benzene rings is 1. The van der Waals surface area contributed by atoms with Crippen molar-refractivity contribution in [2.45, 2.75) is 26.3 Å². The average Bonchev–Trinajstić information content (AvgIpc) is 2.46. The zero-order valence-electron chi connectivity index (χ0n) is 13.9. The number of nitrogens with zero attached hydrogens (tertiary/aromatic N) is 2. The molecule has 1 heterocycles. The van der Waals surface area contributed by atoms with E-state index < -0.39 is 0 Å². The fourth-order valence-corrected chi connectivity index (χ4v) is 2.81. The average molecular weight is 382 g/mol. The highest BCUT2D eigenvalue weighted by molar-refractivity contribution is 9.10. The quantitative estimate of drug-likeness (QED) is 0.872. The first kappa shape index (κ1) is 17.9. The molecule has 0 aliphatic carbocycles. The Morgan fingerprint density at radius 1 is 1.09 bits per heavy atom. The van der Waals surface area contributed by atoms with Crippen molar-refractivity contribution < 1.29 is 9.59 Å². The fourth-order valence-electron chi connectivity index (χ4n) is 2.54. The molecule has 1 saturated heterocycles. The Morgan fingerprint density at radius 2 is 1.65 bits per heavy atom. The lowest BCUT2D eigenvalue weighted by Gasteiger charge is -2.35. The van der Waals surface area contributed by atoms with Gasteiger partial charge in [0.15, 0.2) is 0 Å². The van der Waals surface area contributed by atoms with Gasteiger partial charge < -0.3 is 10.2 Å². The van der Waals surface area contributed by atoms with Crippen molar-refractivity contribution >= 4 is 27.7 Å². The molecule has 1 N–H and O–H groups in total. The number of carbonyl (C=O) groups is 2. The first-order valence-electron chi connectivity index (χ1n) is 7.83. The molecule has 0 bridgehead atoms. The third kappa shape index (κ3) is 5.62. The van der Waals surface area contributed by atoms with Crippen LogP contribution in [0.2, 0.25) is 0 Å². The fraction of sp³-hybridized carbons (Fsp3) is 0.529. The van der Waals surface area contributed by atoms with Gasteiger partial charge in [-0.1, -0.05) is 15.9 Å². The van der Waals surface area contributed by atoms with Crippen LogP contribution in [0.1, 0.15) is 31.1 Å². The first-order valence-corrected chi connectivity index (χ1v) is 8.62. The number of halogens is 1. The maximum atomic E-state index is 12.4. The summed E-state index contributed by atoms with van der Waals surface area (Å²) >= 11 is 3.37. The summed E-state index contributed by atoms with van der Waals surface area (Å²) in [5.74, 6) is 0.0847. The molecule has 23 heavy (non-hydrogen) atoms. The molecule has 5 nitrogen and oxygen atoms in total. The number of carbonyl (C=O) groups excluding carboxylic acids is 2. The summed E-state index contributed by atoms with van der Waals surface area (Å²) in [5.41, 5.74) is 0.489. The Bertz CT molecular complexity index is 558. The van der Waals surface area contributed by atoms with Gasteiger partial charge in [0.2, 0.25) is 5.91 Å². The third-order valence-electron chi connectivity index (χ3n) is 3.63. The summed E-state index contributed by atoms with van der Waals surface area (Å²) in [7, 11) is 0. The molecule has 1 aromatic rings. The standard InChI is InChI=1S/C17H24BrN3O2/c1-17(2,3)19-15(22)12-20-8-10-21(11-9-20)16(23)13-4-6-14(18)7-5-13/h4-7H,8-12H2,1-3H3,(H,19,22). The highest BCUT2D eigenvalue weighted by atomic mass is 79.9. The van der Waals surface area contributed by atoms with Gasteiger partial charge in [0.05, 0.1) is 6.54 Å². The van der Waals surface area contributed by atoms with Gasteiger partial charge in [-0.05, 0) is 45.0 Å². The van der Waals surface area contributed by atoms with E-state index in [4.69, 9.17) is 0 Å². The summed E-state index contributed by atoms with van der Waals surface area (Å²) < 4.78 is 0.962. The van der Waals surface area contributed by atoms with Crippen LogP contribution < -0.4 is 5.32 Å². The molecule has 126 valence electrons. The van der Waals surface area contributed by atoms with Gasteiger partial charge >= 0.3 is 0 Å². The van der Waals surface area contributed by atoms with Crippen LogP contribution in [-0.4, -0.2) is 59.9 Å². The van der Waals surface area contributed by atoms with Crippen molar-refractivity contribution in [2.24, 2.45) is 0 Å². The second-order valence-electron chi connectivity index (χ2n) is 6.87. The van der Waals surface area contributed by atoms with E-state index in [2.05, 4.69) is 26.1 Å².